The highest BCUT2D eigenvalue weighted by atomic mass is 35.5. The van der Waals surface area contributed by atoms with Crippen molar-refractivity contribution in [3.63, 3.8) is 0 Å². The first-order valence-electron chi connectivity index (χ1n) is 8.07. The van der Waals surface area contributed by atoms with E-state index in [4.69, 9.17) is 16.3 Å². The van der Waals surface area contributed by atoms with Crippen LogP contribution in [0, 0.1) is 0 Å². The molecule has 0 saturated carbocycles. The van der Waals surface area contributed by atoms with Crippen LogP contribution in [0.15, 0.2) is 36.7 Å². The number of nitrogens with zero attached hydrogens (tertiary/aromatic N) is 1. The molecule has 0 fully saturated rings. The minimum Gasteiger partial charge on any atom is -0.490 e. The van der Waals surface area contributed by atoms with Crippen LogP contribution < -0.4 is 15.4 Å². The topological polar surface area (TPSA) is 63.2 Å². The molecule has 0 aliphatic carbocycles. The molecule has 1 aliphatic heterocycles. The molecule has 1 aromatic heterocycles. The first-order chi connectivity index (χ1) is 11.8. The van der Waals surface area contributed by atoms with Crippen molar-refractivity contribution in [3.8, 4) is 5.75 Å². The van der Waals surface area contributed by atoms with Crippen LogP contribution in [0.25, 0.3) is 0 Å². The molecule has 0 bridgehead atoms. The van der Waals surface area contributed by atoms with Crippen molar-refractivity contribution in [1.29, 1.82) is 0 Å². The molecule has 0 radical (unpaired) electrons. The van der Waals surface area contributed by atoms with E-state index in [9.17, 15) is 4.79 Å². The number of benzene rings is 1. The fourth-order valence-electron chi connectivity index (χ4n) is 2.79. The van der Waals surface area contributed by atoms with Gasteiger partial charge in [0.2, 0.25) is 0 Å². The van der Waals surface area contributed by atoms with E-state index in [1.54, 1.807) is 24.5 Å². The lowest BCUT2D eigenvalue weighted by atomic mass is 10.0. The van der Waals surface area contributed by atoms with E-state index in [0.717, 1.165) is 31.7 Å². The molecule has 7 heteroatoms. The lowest BCUT2D eigenvalue weighted by molar-refractivity contribution is 0.0947. The number of nitrogens with one attached hydrogen (secondary N) is 2. The second-order valence-corrected chi connectivity index (χ2v) is 6.01. The van der Waals surface area contributed by atoms with Gasteiger partial charge in [-0.25, -0.2) is 0 Å². The maximum absolute atomic E-state index is 12.0. The predicted octanol–water partition coefficient (Wildman–Crippen LogP) is 2.65. The number of carbonyl (C=O) groups excluding carboxylic acids is 1. The Morgan fingerprint density at radius 1 is 1.20 bits per heavy atom. The average Bonchev–Trinajstić information content (AvgIpc) is 2.86. The minimum absolute atomic E-state index is 0. The van der Waals surface area contributed by atoms with Gasteiger partial charge in [-0.3, -0.25) is 9.78 Å². The summed E-state index contributed by atoms with van der Waals surface area (Å²) in [5.41, 5.74) is 3.04. The standard InChI is InChI=1S/C18H20ClN3O2.ClH/c19-16-2-1-13-3-7-21-10-6-15(13)17(16)24-12-11-22-18(23)14-4-8-20-9-5-14;/h1-2,4-5,8-9,21H,3,6-7,10-12H2,(H,22,23);1H. The number of hydrogen-bond donors (Lipinski definition) is 2. The molecule has 0 unspecified atom stereocenters. The Morgan fingerprint density at radius 3 is 2.76 bits per heavy atom. The van der Waals surface area contributed by atoms with Crippen molar-refractivity contribution in [1.82, 2.24) is 15.6 Å². The summed E-state index contributed by atoms with van der Waals surface area (Å²) < 4.78 is 5.89. The fraction of sp³-hybridized carbons (Fsp3) is 0.333. The summed E-state index contributed by atoms with van der Waals surface area (Å²) >= 11 is 6.31. The van der Waals surface area contributed by atoms with E-state index in [1.165, 1.54) is 11.1 Å². The van der Waals surface area contributed by atoms with Crippen LogP contribution in [0.4, 0.5) is 0 Å². The number of halogens is 2. The Balaban J connectivity index is 0.00000225. The molecule has 2 heterocycles. The van der Waals surface area contributed by atoms with E-state index in [2.05, 4.69) is 21.7 Å². The SMILES string of the molecule is Cl.O=C(NCCOc1c(Cl)ccc2c1CCNCC2)c1ccncc1. The molecule has 134 valence electrons. The second kappa shape index (κ2) is 9.61. The van der Waals surface area contributed by atoms with Crippen LogP contribution in [-0.4, -0.2) is 37.1 Å². The number of amides is 1. The number of aromatic nitrogens is 1. The smallest absolute Gasteiger partial charge is 0.251 e. The van der Waals surface area contributed by atoms with Crippen LogP contribution in [0.5, 0.6) is 5.75 Å². The molecule has 0 saturated heterocycles. The summed E-state index contributed by atoms with van der Waals surface area (Å²) in [6.45, 7) is 2.68. The van der Waals surface area contributed by atoms with Gasteiger partial charge >= 0.3 is 0 Å². The van der Waals surface area contributed by atoms with Gasteiger partial charge < -0.3 is 15.4 Å². The highest BCUT2D eigenvalue weighted by Crippen LogP contribution is 2.32. The molecule has 5 nitrogen and oxygen atoms in total. The van der Waals surface area contributed by atoms with Crippen LogP contribution in [0.1, 0.15) is 21.5 Å². The highest BCUT2D eigenvalue weighted by molar-refractivity contribution is 6.32. The summed E-state index contributed by atoms with van der Waals surface area (Å²) in [5.74, 6) is 0.610. The minimum atomic E-state index is -0.136. The number of fused-ring (bicyclic) bond motifs is 1. The molecule has 0 spiro atoms. The van der Waals surface area contributed by atoms with Crippen LogP contribution in [0.3, 0.4) is 0 Å². The maximum Gasteiger partial charge on any atom is 0.251 e. The molecular weight excluding hydrogens is 361 g/mol. The van der Waals surface area contributed by atoms with Gasteiger partial charge in [-0.05, 0) is 49.7 Å². The van der Waals surface area contributed by atoms with Gasteiger partial charge in [0.25, 0.3) is 5.91 Å². The monoisotopic (exact) mass is 381 g/mol. The third kappa shape index (κ3) is 5.08. The fourth-order valence-corrected chi connectivity index (χ4v) is 3.02. The zero-order chi connectivity index (χ0) is 16.8. The Morgan fingerprint density at radius 2 is 1.96 bits per heavy atom. The van der Waals surface area contributed by atoms with Gasteiger partial charge in [-0.15, -0.1) is 12.4 Å². The van der Waals surface area contributed by atoms with Gasteiger partial charge in [0, 0.05) is 23.5 Å². The number of ether oxygens (including phenoxy) is 1. The van der Waals surface area contributed by atoms with Gasteiger partial charge in [0.05, 0.1) is 11.6 Å². The second-order valence-electron chi connectivity index (χ2n) is 5.60. The molecule has 0 atom stereocenters. The summed E-state index contributed by atoms with van der Waals surface area (Å²) in [4.78, 5) is 15.9. The molecule has 1 aromatic carbocycles. The van der Waals surface area contributed by atoms with E-state index >= 15 is 0 Å². The lowest BCUT2D eigenvalue weighted by Gasteiger charge is -2.15. The van der Waals surface area contributed by atoms with Gasteiger partial charge in [0.1, 0.15) is 12.4 Å². The van der Waals surface area contributed by atoms with Crippen LogP contribution in [0.2, 0.25) is 5.02 Å². The van der Waals surface area contributed by atoms with Crippen LogP contribution >= 0.6 is 24.0 Å². The van der Waals surface area contributed by atoms with Crippen molar-refractivity contribution in [2.75, 3.05) is 26.2 Å². The van der Waals surface area contributed by atoms with Crippen molar-refractivity contribution < 1.29 is 9.53 Å². The first-order valence-corrected chi connectivity index (χ1v) is 8.45. The molecule has 2 aromatic rings. The molecule has 25 heavy (non-hydrogen) atoms. The van der Waals surface area contributed by atoms with Crippen molar-refractivity contribution in [2.24, 2.45) is 0 Å². The van der Waals surface area contributed by atoms with Crippen molar-refractivity contribution in [2.45, 2.75) is 12.8 Å². The Labute approximate surface area is 158 Å². The van der Waals surface area contributed by atoms with Gasteiger partial charge in [-0.1, -0.05) is 17.7 Å². The van der Waals surface area contributed by atoms with E-state index < -0.39 is 0 Å². The van der Waals surface area contributed by atoms with E-state index in [-0.39, 0.29) is 18.3 Å². The number of pyridine rings is 1. The summed E-state index contributed by atoms with van der Waals surface area (Å²) in [6, 6.07) is 7.31. The van der Waals surface area contributed by atoms with E-state index in [0.29, 0.717) is 23.7 Å². The van der Waals surface area contributed by atoms with Gasteiger partial charge in [0.15, 0.2) is 0 Å². The Hall–Kier alpha value is -1.82. The number of carbonyl (C=O) groups is 1. The van der Waals surface area contributed by atoms with Crippen molar-refractivity contribution >= 4 is 29.9 Å². The van der Waals surface area contributed by atoms with Crippen LogP contribution in [-0.2, 0) is 12.8 Å². The third-order valence-corrected chi connectivity index (χ3v) is 4.31. The first kappa shape index (κ1) is 19.5. The van der Waals surface area contributed by atoms with Crippen molar-refractivity contribution in [3.05, 3.63) is 58.4 Å². The quantitative estimate of drug-likeness (QED) is 0.781. The largest absolute Gasteiger partial charge is 0.490 e. The normalized spacial score (nSPS) is 13.2. The third-order valence-electron chi connectivity index (χ3n) is 4.01. The highest BCUT2D eigenvalue weighted by Gasteiger charge is 2.16. The summed E-state index contributed by atoms with van der Waals surface area (Å²) in [6.07, 6.45) is 5.06. The molecule has 1 amide bonds. The zero-order valence-electron chi connectivity index (χ0n) is 13.8. The molecular formula is C18H21Cl2N3O2. The predicted molar refractivity (Wildman–Crippen MR) is 101 cm³/mol. The summed E-state index contributed by atoms with van der Waals surface area (Å²) in [7, 11) is 0. The molecule has 3 rings (SSSR count). The maximum atomic E-state index is 12.0. The van der Waals surface area contributed by atoms with E-state index in [1.807, 2.05) is 6.07 Å². The number of rotatable bonds is 5. The Bertz CT molecular complexity index is 711. The summed E-state index contributed by atoms with van der Waals surface area (Å²) in [5, 5.41) is 6.84. The Kier molecular flexibility index (Phi) is 7.50. The molecule has 2 N–H and O–H groups in total. The zero-order valence-corrected chi connectivity index (χ0v) is 15.3. The average molecular weight is 382 g/mol. The van der Waals surface area contributed by atoms with Gasteiger partial charge in [-0.2, -0.15) is 0 Å². The molecule has 1 aliphatic rings. The lowest BCUT2D eigenvalue weighted by Crippen LogP contribution is -2.28. The number of hydrogen-bond acceptors (Lipinski definition) is 4.